The summed E-state index contributed by atoms with van der Waals surface area (Å²) < 4.78 is 0. The van der Waals surface area contributed by atoms with E-state index in [-0.39, 0.29) is 0 Å². The summed E-state index contributed by atoms with van der Waals surface area (Å²) in [4.78, 5) is 17.4. The lowest BCUT2D eigenvalue weighted by Gasteiger charge is -2.19. The average Bonchev–Trinajstić information content (AvgIpc) is 2.31. The predicted octanol–water partition coefficient (Wildman–Crippen LogP) is 2.15. The minimum absolute atomic E-state index is 0.639. The third-order valence-electron chi connectivity index (χ3n) is 2.56. The minimum Gasteiger partial charge on any atom is -0.465 e. The molecule has 0 radical (unpaired) electrons. The van der Waals surface area contributed by atoms with Gasteiger partial charge in [0.15, 0.2) is 0 Å². The van der Waals surface area contributed by atoms with Crippen molar-refractivity contribution in [2.75, 3.05) is 0 Å². The van der Waals surface area contributed by atoms with E-state index >= 15 is 0 Å². The first kappa shape index (κ1) is 12.4. The molecule has 1 aliphatic rings. The molecule has 1 heterocycles. The highest BCUT2D eigenvalue weighted by molar-refractivity contribution is 5.61. The van der Waals surface area contributed by atoms with E-state index in [4.69, 9.17) is 9.90 Å². The van der Waals surface area contributed by atoms with Gasteiger partial charge in [0.05, 0.1) is 0 Å². The minimum atomic E-state index is -1.33. The van der Waals surface area contributed by atoms with E-state index in [1.165, 1.54) is 32.1 Å². The molecular formula is C11H17N3O2. The molecule has 16 heavy (non-hydrogen) atoms. The van der Waals surface area contributed by atoms with Crippen LogP contribution >= 0.6 is 0 Å². The van der Waals surface area contributed by atoms with Crippen molar-refractivity contribution >= 4 is 6.09 Å². The van der Waals surface area contributed by atoms with Gasteiger partial charge in [-0.25, -0.2) is 14.8 Å². The van der Waals surface area contributed by atoms with Crippen molar-refractivity contribution in [1.82, 2.24) is 9.97 Å². The molecule has 1 amide bonds. The number of aromatic nitrogens is 2. The zero-order chi connectivity index (χ0) is 11.8. The zero-order valence-corrected chi connectivity index (χ0v) is 9.17. The van der Waals surface area contributed by atoms with Crippen molar-refractivity contribution in [2.24, 2.45) is 5.73 Å². The highest BCUT2D eigenvalue weighted by atomic mass is 16.4. The van der Waals surface area contributed by atoms with Crippen LogP contribution in [0.4, 0.5) is 4.79 Å². The first-order chi connectivity index (χ1) is 7.70. The number of amides is 1. The lowest BCUT2D eigenvalue weighted by molar-refractivity contribution is 0.205. The van der Waals surface area contributed by atoms with Gasteiger partial charge < -0.3 is 10.8 Å². The van der Waals surface area contributed by atoms with Gasteiger partial charge in [-0.2, -0.15) is 0 Å². The molecule has 88 valence electrons. The number of carboxylic acid groups (broad SMARTS) is 1. The van der Waals surface area contributed by atoms with Crippen molar-refractivity contribution in [2.45, 2.75) is 38.0 Å². The van der Waals surface area contributed by atoms with Gasteiger partial charge in [0.1, 0.15) is 5.82 Å². The smallest absolute Gasteiger partial charge is 0.402 e. The fourth-order valence-electron chi connectivity index (χ4n) is 1.88. The van der Waals surface area contributed by atoms with E-state index in [2.05, 4.69) is 15.7 Å². The molecule has 0 bridgehead atoms. The van der Waals surface area contributed by atoms with Crippen molar-refractivity contribution in [3.05, 3.63) is 24.3 Å². The molecule has 0 saturated heterocycles. The Balaban J connectivity index is 0.000000280. The molecule has 0 aromatic carbocycles. The third-order valence-corrected chi connectivity index (χ3v) is 2.56. The maximum Gasteiger partial charge on any atom is 0.402 e. The van der Waals surface area contributed by atoms with Crippen LogP contribution < -0.4 is 5.73 Å². The van der Waals surface area contributed by atoms with Crippen molar-refractivity contribution in [3.8, 4) is 0 Å². The van der Waals surface area contributed by atoms with Crippen LogP contribution in [0.3, 0.4) is 0 Å². The molecule has 0 unspecified atom stereocenters. The summed E-state index contributed by atoms with van der Waals surface area (Å²) >= 11 is 0. The second-order valence-electron chi connectivity index (χ2n) is 3.78. The zero-order valence-electron chi connectivity index (χ0n) is 9.17. The molecule has 0 atom stereocenters. The third kappa shape index (κ3) is 4.72. The van der Waals surface area contributed by atoms with E-state index < -0.39 is 6.09 Å². The number of nitrogens with zero attached hydrogens (tertiary/aromatic N) is 2. The Morgan fingerprint density at radius 1 is 1.25 bits per heavy atom. The molecule has 0 spiro atoms. The molecule has 1 saturated carbocycles. The Bertz CT molecular complexity index is 306. The van der Waals surface area contributed by atoms with Gasteiger partial charge in [-0.3, -0.25) is 0 Å². The Morgan fingerprint density at radius 2 is 1.75 bits per heavy atom. The molecule has 1 aromatic heterocycles. The van der Waals surface area contributed by atoms with Gasteiger partial charge in [-0.1, -0.05) is 19.3 Å². The van der Waals surface area contributed by atoms with Crippen LogP contribution in [0.25, 0.3) is 0 Å². The van der Waals surface area contributed by atoms with Gasteiger partial charge in [0.25, 0.3) is 0 Å². The Kier molecular flexibility index (Phi) is 5.25. The van der Waals surface area contributed by atoms with Gasteiger partial charge in [-0.05, 0) is 18.9 Å². The normalized spacial score (nSPS) is 16.0. The largest absolute Gasteiger partial charge is 0.465 e. The Labute approximate surface area is 94.7 Å². The number of primary amides is 1. The maximum atomic E-state index is 8.78. The highest BCUT2D eigenvalue weighted by Crippen LogP contribution is 2.29. The Hall–Kier alpha value is -1.65. The molecular weight excluding hydrogens is 206 g/mol. The Morgan fingerprint density at radius 3 is 2.25 bits per heavy atom. The summed E-state index contributed by atoms with van der Waals surface area (Å²) in [7, 11) is 0. The van der Waals surface area contributed by atoms with Gasteiger partial charge in [-0.15, -0.1) is 0 Å². The summed E-state index contributed by atoms with van der Waals surface area (Å²) in [5.74, 6) is 1.69. The summed E-state index contributed by atoms with van der Waals surface area (Å²) in [6.45, 7) is 0. The molecule has 1 aliphatic carbocycles. The maximum absolute atomic E-state index is 8.78. The first-order valence-corrected chi connectivity index (χ1v) is 5.45. The average molecular weight is 223 g/mol. The first-order valence-electron chi connectivity index (χ1n) is 5.45. The van der Waals surface area contributed by atoms with Crippen LogP contribution in [0.5, 0.6) is 0 Å². The summed E-state index contributed by atoms with van der Waals surface area (Å²) in [6.07, 6.45) is 9.01. The number of carbonyl (C=O) groups is 1. The fraction of sp³-hybridized carbons (Fsp3) is 0.545. The van der Waals surface area contributed by atoms with Crippen LogP contribution in [-0.2, 0) is 0 Å². The van der Waals surface area contributed by atoms with Crippen molar-refractivity contribution < 1.29 is 9.90 Å². The lowest BCUT2D eigenvalue weighted by Crippen LogP contribution is -2.07. The van der Waals surface area contributed by atoms with E-state index in [0.29, 0.717) is 5.92 Å². The quantitative estimate of drug-likeness (QED) is 0.763. The van der Waals surface area contributed by atoms with E-state index in [1.54, 1.807) is 0 Å². The van der Waals surface area contributed by atoms with Gasteiger partial charge >= 0.3 is 6.09 Å². The van der Waals surface area contributed by atoms with Crippen LogP contribution in [0.2, 0.25) is 0 Å². The summed E-state index contributed by atoms with van der Waals surface area (Å²) in [5.41, 5.74) is 4.03. The standard InChI is InChI=1S/C10H14N2.CH3NO2/c1-2-5-9(6-3-1)10-11-7-4-8-12-10;2-1(3)4/h4,7-9H,1-3,5-6H2;2H2,(H,3,4). The lowest BCUT2D eigenvalue weighted by atomic mass is 9.89. The molecule has 0 aliphatic heterocycles. The van der Waals surface area contributed by atoms with Crippen LogP contribution in [0.15, 0.2) is 18.5 Å². The summed E-state index contributed by atoms with van der Waals surface area (Å²) in [5, 5.41) is 7.19. The van der Waals surface area contributed by atoms with Crippen LogP contribution in [0, 0.1) is 0 Å². The van der Waals surface area contributed by atoms with Crippen molar-refractivity contribution in [1.29, 1.82) is 0 Å². The molecule has 5 nitrogen and oxygen atoms in total. The molecule has 3 N–H and O–H groups in total. The SMILES string of the molecule is NC(=O)O.c1cnc(C2CCCCC2)nc1. The van der Waals surface area contributed by atoms with Crippen LogP contribution in [-0.4, -0.2) is 21.2 Å². The topological polar surface area (TPSA) is 89.1 Å². The van der Waals surface area contributed by atoms with E-state index in [1.807, 2.05) is 18.5 Å². The highest BCUT2D eigenvalue weighted by Gasteiger charge is 2.16. The van der Waals surface area contributed by atoms with E-state index in [9.17, 15) is 0 Å². The number of rotatable bonds is 1. The van der Waals surface area contributed by atoms with Crippen molar-refractivity contribution in [3.63, 3.8) is 0 Å². The monoisotopic (exact) mass is 223 g/mol. The van der Waals surface area contributed by atoms with Gasteiger partial charge in [0, 0.05) is 18.3 Å². The molecule has 1 aromatic rings. The number of hydrogen-bond donors (Lipinski definition) is 2. The van der Waals surface area contributed by atoms with E-state index in [0.717, 1.165) is 5.82 Å². The second kappa shape index (κ2) is 6.76. The molecule has 1 fully saturated rings. The molecule has 5 heteroatoms. The summed E-state index contributed by atoms with van der Waals surface area (Å²) in [6, 6.07) is 1.88. The fourth-order valence-corrected chi connectivity index (χ4v) is 1.88. The number of nitrogens with two attached hydrogens (primary N) is 1. The second-order valence-corrected chi connectivity index (χ2v) is 3.78. The van der Waals surface area contributed by atoms with Crippen LogP contribution in [0.1, 0.15) is 43.8 Å². The molecule has 2 rings (SSSR count). The predicted molar refractivity (Wildman–Crippen MR) is 60.1 cm³/mol. The number of hydrogen-bond acceptors (Lipinski definition) is 3. The van der Waals surface area contributed by atoms with Gasteiger partial charge in [0.2, 0.25) is 0 Å².